The van der Waals surface area contributed by atoms with Gasteiger partial charge < -0.3 is 5.32 Å². The van der Waals surface area contributed by atoms with Crippen molar-refractivity contribution in [2.75, 3.05) is 12.3 Å². The monoisotopic (exact) mass is 267 g/mol. The van der Waals surface area contributed by atoms with E-state index in [9.17, 15) is 9.59 Å². The predicted octanol–water partition coefficient (Wildman–Crippen LogP) is 0.800. The Labute approximate surface area is 110 Å². The molecule has 98 valence electrons. The van der Waals surface area contributed by atoms with Crippen LogP contribution < -0.4 is 10.9 Å². The Balaban J connectivity index is 2.16. The summed E-state index contributed by atoms with van der Waals surface area (Å²) in [5, 5.41) is 3.59. The fourth-order valence-corrected chi connectivity index (χ4v) is 2.90. The molecule has 2 rings (SSSR count). The molecule has 0 bridgehead atoms. The molecule has 0 spiro atoms. The van der Waals surface area contributed by atoms with Crippen molar-refractivity contribution in [2.24, 2.45) is 5.92 Å². The van der Waals surface area contributed by atoms with E-state index in [4.69, 9.17) is 0 Å². The predicted molar refractivity (Wildman–Crippen MR) is 70.7 cm³/mol. The third-order valence-corrected chi connectivity index (χ3v) is 4.07. The molecule has 0 saturated heterocycles. The van der Waals surface area contributed by atoms with Crippen LogP contribution in [0.3, 0.4) is 0 Å². The minimum absolute atomic E-state index is 0.0309. The summed E-state index contributed by atoms with van der Waals surface area (Å²) in [6.07, 6.45) is 2.52. The smallest absolute Gasteiger partial charge is 0.257 e. The number of rotatable bonds is 3. The second-order valence-corrected chi connectivity index (χ2v) is 5.43. The number of carbonyl (C=O) groups excluding carboxylic acids is 1. The molecule has 1 aliphatic rings. The van der Waals surface area contributed by atoms with Crippen molar-refractivity contribution in [1.29, 1.82) is 0 Å². The number of hydrogen-bond acceptors (Lipinski definition) is 4. The number of aromatic nitrogens is 2. The van der Waals surface area contributed by atoms with E-state index < -0.39 is 0 Å². The molecule has 5 nitrogen and oxygen atoms in total. The lowest BCUT2D eigenvalue weighted by Crippen LogP contribution is -2.40. The number of nitrogens with zero attached hydrogens (tertiary/aromatic N) is 2. The maximum atomic E-state index is 12.0. The quantitative estimate of drug-likeness (QED) is 0.823. The van der Waals surface area contributed by atoms with Gasteiger partial charge in [-0.05, 0) is 13.3 Å². The van der Waals surface area contributed by atoms with E-state index in [1.807, 2.05) is 6.92 Å². The van der Waals surface area contributed by atoms with Crippen LogP contribution in [0.4, 0.5) is 0 Å². The van der Waals surface area contributed by atoms with Gasteiger partial charge >= 0.3 is 0 Å². The van der Waals surface area contributed by atoms with Crippen LogP contribution in [0, 0.1) is 12.8 Å². The molecule has 1 unspecified atom stereocenters. The average molecular weight is 267 g/mol. The highest BCUT2D eigenvalue weighted by atomic mass is 32.2. The molecule has 0 fully saturated rings. The lowest BCUT2D eigenvalue weighted by atomic mass is 10.1. The van der Waals surface area contributed by atoms with Crippen molar-refractivity contribution in [3.8, 4) is 0 Å². The Morgan fingerprint density at radius 2 is 2.44 bits per heavy atom. The molecule has 0 radical (unpaired) electrons. The first kappa shape index (κ1) is 13.1. The fraction of sp³-hybridized carbons (Fsp3) is 0.583. The van der Waals surface area contributed by atoms with Gasteiger partial charge in [-0.25, -0.2) is 4.98 Å². The van der Waals surface area contributed by atoms with Gasteiger partial charge in [0.05, 0.1) is 5.92 Å². The van der Waals surface area contributed by atoms with Crippen LogP contribution in [-0.4, -0.2) is 27.8 Å². The Morgan fingerprint density at radius 1 is 1.67 bits per heavy atom. The molecule has 1 aliphatic heterocycles. The number of fused-ring (bicyclic) bond motifs is 1. The Kier molecular flexibility index (Phi) is 4.06. The first-order valence-electron chi connectivity index (χ1n) is 6.10. The van der Waals surface area contributed by atoms with Gasteiger partial charge in [-0.2, -0.15) is 0 Å². The summed E-state index contributed by atoms with van der Waals surface area (Å²) >= 11 is 1.47. The maximum Gasteiger partial charge on any atom is 0.257 e. The average Bonchev–Trinajstić information content (AvgIpc) is 2.40. The minimum atomic E-state index is -0.143. The fourth-order valence-electron chi connectivity index (χ4n) is 1.85. The highest BCUT2D eigenvalue weighted by molar-refractivity contribution is 7.99. The Bertz CT molecular complexity index is 513. The van der Waals surface area contributed by atoms with Crippen LogP contribution in [0.15, 0.2) is 16.1 Å². The van der Waals surface area contributed by atoms with E-state index in [-0.39, 0.29) is 17.4 Å². The zero-order valence-corrected chi connectivity index (χ0v) is 11.4. The number of nitrogens with one attached hydrogen (secondary N) is 1. The molecule has 1 N–H and O–H groups in total. The molecule has 18 heavy (non-hydrogen) atoms. The Morgan fingerprint density at radius 3 is 3.17 bits per heavy atom. The molecule has 1 aromatic heterocycles. The molecule has 1 aromatic rings. The van der Waals surface area contributed by atoms with Crippen LogP contribution in [0.1, 0.15) is 18.9 Å². The summed E-state index contributed by atoms with van der Waals surface area (Å²) in [7, 11) is 0. The SMILES string of the molecule is CCCNC(=O)C1CSc2ncc(C)c(=O)n2C1. The summed E-state index contributed by atoms with van der Waals surface area (Å²) in [6, 6.07) is 0. The number of aryl methyl sites for hydroxylation is 1. The summed E-state index contributed by atoms with van der Waals surface area (Å²) in [4.78, 5) is 28.1. The highest BCUT2D eigenvalue weighted by Gasteiger charge is 2.26. The van der Waals surface area contributed by atoms with Crippen molar-refractivity contribution in [3.63, 3.8) is 0 Å². The van der Waals surface area contributed by atoms with E-state index in [2.05, 4.69) is 10.3 Å². The second-order valence-electron chi connectivity index (χ2n) is 4.44. The van der Waals surface area contributed by atoms with Crippen molar-refractivity contribution >= 4 is 17.7 Å². The molecule has 0 aromatic carbocycles. The van der Waals surface area contributed by atoms with Gasteiger partial charge in [-0.1, -0.05) is 18.7 Å². The third kappa shape index (κ3) is 2.58. The summed E-state index contributed by atoms with van der Waals surface area (Å²) < 4.78 is 1.61. The summed E-state index contributed by atoms with van der Waals surface area (Å²) in [5.74, 6) is 0.573. The molecule has 0 saturated carbocycles. The largest absolute Gasteiger partial charge is 0.356 e. The van der Waals surface area contributed by atoms with Crippen molar-refractivity contribution < 1.29 is 4.79 Å². The van der Waals surface area contributed by atoms with Crippen LogP contribution >= 0.6 is 11.8 Å². The molecule has 6 heteroatoms. The third-order valence-electron chi connectivity index (χ3n) is 2.92. The molecule has 2 heterocycles. The maximum absolute atomic E-state index is 12.0. The van der Waals surface area contributed by atoms with Gasteiger partial charge in [0.2, 0.25) is 5.91 Å². The lowest BCUT2D eigenvalue weighted by Gasteiger charge is -2.24. The number of carbonyl (C=O) groups is 1. The zero-order valence-electron chi connectivity index (χ0n) is 10.6. The lowest BCUT2D eigenvalue weighted by molar-refractivity contribution is -0.124. The molecular weight excluding hydrogens is 250 g/mol. The van der Waals surface area contributed by atoms with Crippen molar-refractivity contribution in [3.05, 3.63) is 22.1 Å². The van der Waals surface area contributed by atoms with E-state index in [1.54, 1.807) is 17.7 Å². The zero-order chi connectivity index (χ0) is 13.1. The van der Waals surface area contributed by atoms with Crippen LogP contribution in [-0.2, 0) is 11.3 Å². The van der Waals surface area contributed by atoms with Gasteiger partial charge in [0.15, 0.2) is 5.16 Å². The van der Waals surface area contributed by atoms with Crippen LogP contribution in [0.25, 0.3) is 0 Å². The number of hydrogen-bond donors (Lipinski definition) is 1. The minimum Gasteiger partial charge on any atom is -0.356 e. The topological polar surface area (TPSA) is 64.0 Å². The molecule has 1 atom stereocenters. The summed E-state index contributed by atoms with van der Waals surface area (Å²) in [6.45, 7) is 4.89. The molecular formula is C12H17N3O2S. The van der Waals surface area contributed by atoms with Gasteiger partial charge in [0.1, 0.15) is 0 Å². The van der Waals surface area contributed by atoms with Crippen molar-refractivity contribution in [2.45, 2.75) is 32.0 Å². The van der Waals surface area contributed by atoms with Gasteiger partial charge in [-0.15, -0.1) is 0 Å². The van der Waals surface area contributed by atoms with Gasteiger partial charge in [0, 0.05) is 30.6 Å². The van der Waals surface area contributed by atoms with E-state index in [1.165, 1.54) is 11.8 Å². The van der Waals surface area contributed by atoms with E-state index in [0.29, 0.717) is 29.6 Å². The van der Waals surface area contributed by atoms with Crippen molar-refractivity contribution in [1.82, 2.24) is 14.9 Å². The van der Waals surface area contributed by atoms with E-state index >= 15 is 0 Å². The second kappa shape index (κ2) is 5.56. The van der Waals surface area contributed by atoms with Crippen LogP contribution in [0.5, 0.6) is 0 Å². The normalized spacial score (nSPS) is 18.2. The Hall–Kier alpha value is -1.30. The first-order valence-corrected chi connectivity index (χ1v) is 7.09. The van der Waals surface area contributed by atoms with E-state index in [0.717, 1.165) is 6.42 Å². The standard InChI is InChI=1S/C12H17N3O2S/c1-3-4-13-10(16)9-6-15-11(17)8(2)5-14-12(15)18-7-9/h5,9H,3-4,6-7H2,1-2H3,(H,13,16). The number of amides is 1. The van der Waals surface area contributed by atoms with Gasteiger partial charge in [-0.3, -0.25) is 14.2 Å². The highest BCUT2D eigenvalue weighted by Crippen LogP contribution is 2.24. The number of thioether (sulfide) groups is 1. The summed E-state index contributed by atoms with van der Waals surface area (Å²) in [5.41, 5.74) is 0.578. The van der Waals surface area contributed by atoms with Crippen LogP contribution in [0.2, 0.25) is 0 Å². The molecule has 1 amide bonds. The molecule has 0 aliphatic carbocycles. The first-order chi connectivity index (χ1) is 8.63. The van der Waals surface area contributed by atoms with Gasteiger partial charge in [0.25, 0.3) is 5.56 Å².